The third-order valence-corrected chi connectivity index (χ3v) is 6.05. The van der Waals surface area contributed by atoms with Crippen LogP contribution in [0.4, 0.5) is 39.5 Å². The summed E-state index contributed by atoms with van der Waals surface area (Å²) in [5.74, 6) is -8.27. The molecule has 5 heterocycles. The van der Waals surface area contributed by atoms with Crippen LogP contribution in [0.15, 0.2) is 73.6 Å². The van der Waals surface area contributed by atoms with E-state index in [0.29, 0.717) is 6.04 Å². The number of halogens is 9. The molecular formula is C28H24F9N5O6. The SMILES string of the molecule is O=C(O)C(F)(F)F.O=C(O)C(F)(F)F.O=C(O)C(F)(F)F.c1ccc(CN2CCCC2c2ncn3cc(-c4cccnc4)ccc23)nc1. The molecule has 48 heavy (non-hydrogen) atoms. The molecule has 1 unspecified atom stereocenters. The van der Waals surface area contributed by atoms with Gasteiger partial charge in [0.15, 0.2) is 0 Å². The zero-order valence-electron chi connectivity index (χ0n) is 24.0. The van der Waals surface area contributed by atoms with Crippen molar-refractivity contribution < 1.29 is 69.2 Å². The number of fused-ring (bicyclic) bond motifs is 1. The first-order valence-corrected chi connectivity index (χ1v) is 13.1. The molecule has 0 aliphatic carbocycles. The Hall–Kier alpha value is -5.27. The topological polar surface area (TPSA) is 158 Å². The molecule has 4 aromatic rings. The maximum Gasteiger partial charge on any atom is 0.490 e. The maximum absolute atomic E-state index is 10.6. The van der Waals surface area contributed by atoms with Crippen molar-refractivity contribution in [3.05, 3.63) is 85.0 Å². The lowest BCUT2D eigenvalue weighted by atomic mass is 10.1. The fraction of sp³-hybridized carbons (Fsp3) is 0.286. The number of hydrogen-bond donors (Lipinski definition) is 3. The van der Waals surface area contributed by atoms with E-state index >= 15 is 0 Å². The summed E-state index contributed by atoms with van der Waals surface area (Å²) < 4.78 is 97.3. The van der Waals surface area contributed by atoms with E-state index in [1.165, 1.54) is 17.6 Å². The molecule has 1 fully saturated rings. The minimum Gasteiger partial charge on any atom is -0.475 e. The van der Waals surface area contributed by atoms with Crippen LogP contribution in [0.3, 0.4) is 0 Å². The van der Waals surface area contributed by atoms with Crippen LogP contribution in [-0.2, 0) is 20.9 Å². The summed E-state index contributed by atoms with van der Waals surface area (Å²) in [7, 11) is 0. The van der Waals surface area contributed by atoms with E-state index in [9.17, 15) is 39.5 Å². The minimum absolute atomic E-state index is 0.348. The monoisotopic (exact) mass is 697 g/mol. The van der Waals surface area contributed by atoms with E-state index in [2.05, 4.69) is 55.8 Å². The highest BCUT2D eigenvalue weighted by atomic mass is 19.4. The van der Waals surface area contributed by atoms with Gasteiger partial charge in [0.1, 0.15) is 0 Å². The Labute approximate surface area is 263 Å². The largest absolute Gasteiger partial charge is 0.490 e. The molecular weight excluding hydrogens is 673 g/mol. The average Bonchev–Trinajstić information content (AvgIpc) is 3.64. The predicted molar refractivity (Wildman–Crippen MR) is 146 cm³/mol. The molecule has 4 aromatic heterocycles. The summed E-state index contributed by atoms with van der Waals surface area (Å²) >= 11 is 0. The van der Waals surface area contributed by atoms with Gasteiger partial charge in [-0.15, -0.1) is 0 Å². The molecule has 5 rings (SSSR count). The zero-order valence-corrected chi connectivity index (χ0v) is 24.0. The highest BCUT2D eigenvalue weighted by Gasteiger charge is 2.39. The lowest BCUT2D eigenvalue weighted by Gasteiger charge is -2.23. The number of imidazole rings is 1. The van der Waals surface area contributed by atoms with E-state index in [1.807, 2.05) is 30.9 Å². The Morgan fingerprint density at radius 1 is 0.750 bits per heavy atom. The second-order valence-corrected chi connectivity index (χ2v) is 9.44. The van der Waals surface area contributed by atoms with Gasteiger partial charge in [0.25, 0.3) is 0 Å². The van der Waals surface area contributed by atoms with Crippen LogP contribution in [0.5, 0.6) is 0 Å². The molecule has 1 atom stereocenters. The van der Waals surface area contributed by atoms with E-state index in [0.717, 1.165) is 36.3 Å². The Morgan fingerprint density at radius 3 is 1.81 bits per heavy atom. The Kier molecular flexibility index (Phi) is 13.4. The molecule has 0 saturated carbocycles. The molecule has 1 saturated heterocycles. The highest BCUT2D eigenvalue weighted by molar-refractivity contribution is 5.73. The van der Waals surface area contributed by atoms with Gasteiger partial charge >= 0.3 is 36.4 Å². The van der Waals surface area contributed by atoms with Gasteiger partial charge in [0, 0.05) is 36.9 Å². The first-order valence-electron chi connectivity index (χ1n) is 13.1. The van der Waals surface area contributed by atoms with Crippen LogP contribution >= 0.6 is 0 Å². The minimum atomic E-state index is -5.08. The van der Waals surface area contributed by atoms with Gasteiger partial charge in [0.2, 0.25) is 0 Å². The molecule has 0 amide bonds. The Bertz CT molecular complexity index is 1590. The fourth-order valence-electron chi connectivity index (χ4n) is 4.01. The van der Waals surface area contributed by atoms with Crippen molar-refractivity contribution in [3.63, 3.8) is 0 Å². The number of carboxylic acid groups (broad SMARTS) is 3. The number of hydrogen-bond acceptors (Lipinski definition) is 7. The van der Waals surface area contributed by atoms with Gasteiger partial charge in [-0.25, -0.2) is 19.4 Å². The fourth-order valence-corrected chi connectivity index (χ4v) is 4.01. The third-order valence-electron chi connectivity index (χ3n) is 6.05. The first-order chi connectivity index (χ1) is 22.2. The predicted octanol–water partition coefficient (Wildman–Crippen LogP) is 6.03. The summed E-state index contributed by atoms with van der Waals surface area (Å²) in [5, 5.41) is 21.4. The van der Waals surface area contributed by atoms with Crippen molar-refractivity contribution >= 4 is 23.4 Å². The Morgan fingerprint density at radius 2 is 1.33 bits per heavy atom. The summed E-state index contributed by atoms with van der Waals surface area (Å²) in [6.45, 7) is 1.96. The summed E-state index contributed by atoms with van der Waals surface area (Å²) in [5.41, 5.74) is 5.73. The van der Waals surface area contributed by atoms with Crippen LogP contribution < -0.4 is 0 Å². The van der Waals surface area contributed by atoms with Crippen LogP contribution in [0, 0.1) is 0 Å². The second-order valence-electron chi connectivity index (χ2n) is 9.44. The van der Waals surface area contributed by atoms with Gasteiger partial charge in [-0.1, -0.05) is 18.2 Å². The number of carbonyl (C=O) groups is 3. The van der Waals surface area contributed by atoms with E-state index < -0.39 is 36.4 Å². The standard InChI is InChI=1S/C22H21N5.3C2HF3O2/c1-2-11-24-19(6-1)15-26-12-4-7-20(26)22-21-9-8-18(14-27(21)16-25-22)17-5-3-10-23-13-17;3*3-2(4,5)1(6)7/h1-3,5-6,8-11,13-14,16,20H,4,7,12,15H2;3*(H,6,7). The van der Waals surface area contributed by atoms with Gasteiger partial charge in [-0.3, -0.25) is 14.9 Å². The van der Waals surface area contributed by atoms with E-state index in [-0.39, 0.29) is 0 Å². The second kappa shape index (κ2) is 16.5. The zero-order chi connectivity index (χ0) is 36.3. The molecule has 11 nitrogen and oxygen atoms in total. The van der Waals surface area contributed by atoms with Gasteiger partial charge in [0.05, 0.1) is 29.3 Å². The number of carboxylic acids is 3. The van der Waals surface area contributed by atoms with Crippen LogP contribution in [-0.4, -0.2) is 82.6 Å². The maximum atomic E-state index is 10.6. The number of likely N-dealkylation sites (tertiary alicyclic amines) is 1. The number of alkyl halides is 9. The molecule has 0 radical (unpaired) electrons. The molecule has 0 aromatic carbocycles. The first kappa shape index (κ1) is 38.9. The van der Waals surface area contributed by atoms with Crippen molar-refractivity contribution in [2.75, 3.05) is 6.54 Å². The van der Waals surface area contributed by atoms with Gasteiger partial charge < -0.3 is 19.7 Å². The van der Waals surface area contributed by atoms with Crippen LogP contribution in [0.25, 0.3) is 16.6 Å². The Balaban J connectivity index is 0.000000313. The smallest absolute Gasteiger partial charge is 0.475 e. The number of rotatable bonds is 4. The summed E-state index contributed by atoms with van der Waals surface area (Å²) in [4.78, 5) is 42.7. The lowest BCUT2D eigenvalue weighted by molar-refractivity contribution is -0.193. The highest BCUT2D eigenvalue weighted by Crippen LogP contribution is 2.35. The number of pyridine rings is 3. The normalized spacial score (nSPS) is 14.8. The number of nitrogens with zero attached hydrogens (tertiary/aromatic N) is 5. The molecule has 0 spiro atoms. The van der Waals surface area contributed by atoms with Crippen LogP contribution in [0.2, 0.25) is 0 Å². The number of aliphatic carboxylic acids is 3. The molecule has 20 heteroatoms. The van der Waals surface area contributed by atoms with Crippen molar-refractivity contribution in [2.45, 2.75) is 44.0 Å². The van der Waals surface area contributed by atoms with Crippen molar-refractivity contribution in [1.82, 2.24) is 24.3 Å². The molecule has 260 valence electrons. The molecule has 0 bridgehead atoms. The van der Waals surface area contributed by atoms with Crippen molar-refractivity contribution in [3.8, 4) is 11.1 Å². The molecule has 1 aliphatic rings. The molecule has 3 N–H and O–H groups in total. The third kappa shape index (κ3) is 12.2. The lowest BCUT2D eigenvalue weighted by Crippen LogP contribution is -2.23. The van der Waals surface area contributed by atoms with Gasteiger partial charge in [-0.05, 0) is 49.2 Å². The summed E-state index contributed by atoms with van der Waals surface area (Å²) in [6.07, 6.45) is -3.28. The van der Waals surface area contributed by atoms with Gasteiger partial charge in [-0.2, -0.15) is 39.5 Å². The quantitative estimate of drug-likeness (QED) is 0.215. The summed E-state index contributed by atoms with van der Waals surface area (Å²) in [6, 6.07) is 14.9. The van der Waals surface area contributed by atoms with E-state index in [4.69, 9.17) is 34.7 Å². The van der Waals surface area contributed by atoms with Crippen molar-refractivity contribution in [1.29, 1.82) is 0 Å². The molecule has 1 aliphatic heterocycles. The van der Waals surface area contributed by atoms with E-state index in [1.54, 1.807) is 6.20 Å². The van der Waals surface area contributed by atoms with Crippen molar-refractivity contribution in [2.24, 2.45) is 0 Å². The number of aromatic nitrogens is 4. The van der Waals surface area contributed by atoms with Crippen LogP contribution in [0.1, 0.15) is 30.3 Å². The average molecular weight is 698 g/mol.